The Bertz CT molecular complexity index is 561. The zero-order valence-electron chi connectivity index (χ0n) is 11.6. The molecule has 2 N–H and O–H groups in total. The largest absolute Gasteiger partial charge is 0.478 e. The number of aryl methyl sites for hydroxylation is 1. The van der Waals surface area contributed by atoms with Gasteiger partial charge in [-0.3, -0.25) is 4.79 Å². The highest BCUT2D eigenvalue weighted by Crippen LogP contribution is 2.21. The molecule has 0 atom stereocenters. The Balaban J connectivity index is 2.13. The summed E-state index contributed by atoms with van der Waals surface area (Å²) in [5.74, 6) is -0.716. The van der Waals surface area contributed by atoms with Crippen molar-refractivity contribution in [3.8, 4) is 0 Å². The predicted molar refractivity (Wildman–Crippen MR) is 77.9 cm³/mol. The van der Waals surface area contributed by atoms with E-state index in [-0.39, 0.29) is 11.3 Å². The van der Waals surface area contributed by atoms with E-state index in [1.54, 1.807) is 24.4 Å². The van der Waals surface area contributed by atoms with E-state index < -0.39 is 5.97 Å². The fraction of sp³-hybridized carbons (Fsp3) is 0.375. The van der Waals surface area contributed by atoms with E-state index in [9.17, 15) is 9.59 Å². The maximum absolute atomic E-state index is 11.9. The summed E-state index contributed by atoms with van der Waals surface area (Å²) >= 11 is 0. The number of hydrogen-bond acceptors (Lipinski definition) is 3. The van der Waals surface area contributed by atoms with Gasteiger partial charge in [0.05, 0.1) is 5.56 Å². The van der Waals surface area contributed by atoms with Crippen molar-refractivity contribution in [2.24, 2.45) is 0 Å². The Morgan fingerprint density at radius 1 is 1.25 bits per heavy atom. The molecule has 0 radical (unpaired) electrons. The van der Waals surface area contributed by atoms with Crippen molar-refractivity contribution >= 4 is 17.4 Å². The molecule has 1 aromatic carbocycles. The first-order valence-corrected chi connectivity index (χ1v) is 6.90. The van der Waals surface area contributed by atoms with E-state index in [1.807, 2.05) is 6.92 Å². The number of aromatic carboxylic acids is 1. The van der Waals surface area contributed by atoms with Gasteiger partial charge in [-0.05, 0) is 49.9 Å². The number of carboxylic acid groups (broad SMARTS) is 1. The molecule has 1 aromatic rings. The van der Waals surface area contributed by atoms with Gasteiger partial charge in [-0.2, -0.15) is 0 Å². The van der Waals surface area contributed by atoms with Crippen LogP contribution in [0, 0.1) is 6.92 Å². The number of carbonyl (C=O) groups is 2. The van der Waals surface area contributed by atoms with Gasteiger partial charge in [-0.1, -0.05) is 6.42 Å². The molecule has 4 nitrogen and oxygen atoms in total. The number of Topliss-reactive ketones (excluding diaryl/α,β-unsaturated/α-hetero) is 1. The zero-order chi connectivity index (χ0) is 14.5. The first kappa shape index (κ1) is 14.3. The Kier molecular flexibility index (Phi) is 4.56. The molecule has 0 bridgehead atoms. The van der Waals surface area contributed by atoms with Crippen molar-refractivity contribution in [3.63, 3.8) is 0 Å². The summed E-state index contributed by atoms with van der Waals surface area (Å²) in [4.78, 5) is 22.8. The first-order valence-electron chi connectivity index (χ1n) is 6.90. The van der Waals surface area contributed by atoms with Crippen LogP contribution in [-0.4, -0.2) is 16.9 Å². The lowest BCUT2D eigenvalue weighted by Gasteiger charge is -2.08. The number of anilines is 1. The summed E-state index contributed by atoms with van der Waals surface area (Å²) in [5.41, 5.74) is 2.79. The quantitative estimate of drug-likeness (QED) is 0.653. The number of allylic oxidation sites excluding steroid dienone is 1. The maximum atomic E-state index is 11.9. The molecule has 0 spiro atoms. The highest BCUT2D eigenvalue weighted by molar-refractivity contribution is 5.95. The number of rotatable bonds is 3. The van der Waals surface area contributed by atoms with E-state index in [2.05, 4.69) is 5.32 Å². The standard InChI is InChI=1S/C16H19NO3/c1-11-9-12(16(19)20)7-8-14(11)17-10-13-5-3-2-4-6-15(13)18/h7-10,17H,2-6H2,1H3,(H,19,20)/b13-10+. The second-order valence-corrected chi connectivity index (χ2v) is 5.13. The summed E-state index contributed by atoms with van der Waals surface area (Å²) < 4.78 is 0. The van der Waals surface area contributed by atoms with Gasteiger partial charge in [0.25, 0.3) is 0 Å². The van der Waals surface area contributed by atoms with Crippen LogP contribution in [0.25, 0.3) is 0 Å². The summed E-state index contributed by atoms with van der Waals surface area (Å²) in [7, 11) is 0. The van der Waals surface area contributed by atoms with Crippen LogP contribution in [-0.2, 0) is 4.79 Å². The minimum atomic E-state index is -0.933. The summed E-state index contributed by atoms with van der Waals surface area (Å²) in [6.45, 7) is 1.85. The van der Waals surface area contributed by atoms with Crippen LogP contribution in [0.5, 0.6) is 0 Å². The van der Waals surface area contributed by atoms with Gasteiger partial charge in [0.1, 0.15) is 0 Å². The molecule has 1 aliphatic carbocycles. The Labute approximate surface area is 118 Å². The molecule has 1 saturated carbocycles. The fourth-order valence-corrected chi connectivity index (χ4v) is 2.35. The number of benzene rings is 1. The average Bonchev–Trinajstić information content (AvgIpc) is 2.62. The van der Waals surface area contributed by atoms with Crippen LogP contribution in [0.15, 0.2) is 30.0 Å². The molecule has 0 saturated heterocycles. The first-order chi connectivity index (χ1) is 9.58. The zero-order valence-corrected chi connectivity index (χ0v) is 11.6. The normalized spacial score (nSPS) is 17.9. The lowest BCUT2D eigenvalue weighted by atomic mass is 10.1. The van der Waals surface area contributed by atoms with Gasteiger partial charge in [0, 0.05) is 23.9 Å². The molecular weight excluding hydrogens is 254 g/mol. The molecule has 1 fully saturated rings. The third kappa shape index (κ3) is 3.47. The molecule has 0 aliphatic heterocycles. The van der Waals surface area contributed by atoms with Gasteiger partial charge in [0.2, 0.25) is 0 Å². The second-order valence-electron chi connectivity index (χ2n) is 5.13. The molecule has 0 amide bonds. The number of nitrogens with one attached hydrogen (secondary N) is 1. The SMILES string of the molecule is Cc1cc(C(=O)O)ccc1N/C=C1\CCCCCC1=O. The molecule has 0 heterocycles. The minimum absolute atomic E-state index is 0.217. The molecule has 1 aliphatic rings. The summed E-state index contributed by atoms with van der Waals surface area (Å²) in [6.07, 6.45) is 6.35. The molecule has 20 heavy (non-hydrogen) atoms. The number of carboxylic acids is 1. The van der Waals surface area contributed by atoms with Crippen LogP contribution >= 0.6 is 0 Å². The van der Waals surface area contributed by atoms with E-state index in [1.165, 1.54) is 0 Å². The lowest BCUT2D eigenvalue weighted by molar-refractivity contribution is -0.115. The molecule has 0 unspecified atom stereocenters. The number of ketones is 1. The smallest absolute Gasteiger partial charge is 0.335 e. The predicted octanol–water partition coefficient (Wildman–Crippen LogP) is 3.52. The number of carbonyl (C=O) groups excluding carboxylic acids is 1. The van der Waals surface area contributed by atoms with Gasteiger partial charge in [-0.15, -0.1) is 0 Å². The van der Waals surface area contributed by atoms with E-state index in [4.69, 9.17) is 5.11 Å². The topological polar surface area (TPSA) is 66.4 Å². The highest BCUT2D eigenvalue weighted by Gasteiger charge is 2.13. The van der Waals surface area contributed by atoms with Crippen LogP contribution in [0.1, 0.15) is 48.0 Å². The Morgan fingerprint density at radius 2 is 2.00 bits per heavy atom. The van der Waals surface area contributed by atoms with Crippen molar-refractivity contribution in [1.29, 1.82) is 0 Å². The van der Waals surface area contributed by atoms with E-state index in [0.717, 1.165) is 42.5 Å². The van der Waals surface area contributed by atoms with Crippen molar-refractivity contribution < 1.29 is 14.7 Å². The molecule has 4 heteroatoms. The van der Waals surface area contributed by atoms with Crippen LogP contribution < -0.4 is 5.32 Å². The number of hydrogen-bond donors (Lipinski definition) is 2. The lowest BCUT2D eigenvalue weighted by Crippen LogP contribution is -2.04. The van der Waals surface area contributed by atoms with Gasteiger partial charge < -0.3 is 10.4 Å². The van der Waals surface area contributed by atoms with Gasteiger partial charge in [0.15, 0.2) is 5.78 Å². The molecule has 106 valence electrons. The molecular formula is C16H19NO3. The van der Waals surface area contributed by atoms with Gasteiger partial charge in [-0.25, -0.2) is 4.79 Å². The van der Waals surface area contributed by atoms with Crippen molar-refractivity contribution in [3.05, 3.63) is 41.1 Å². The second kappa shape index (κ2) is 6.37. The van der Waals surface area contributed by atoms with Crippen molar-refractivity contribution in [2.45, 2.75) is 39.0 Å². The summed E-state index contributed by atoms with van der Waals surface area (Å²) in [5, 5.41) is 12.1. The van der Waals surface area contributed by atoms with Crippen LogP contribution in [0.3, 0.4) is 0 Å². The fourth-order valence-electron chi connectivity index (χ4n) is 2.35. The van der Waals surface area contributed by atoms with Gasteiger partial charge >= 0.3 is 5.97 Å². The van der Waals surface area contributed by atoms with Crippen LogP contribution in [0.4, 0.5) is 5.69 Å². The summed E-state index contributed by atoms with van der Waals surface area (Å²) in [6, 6.07) is 4.92. The highest BCUT2D eigenvalue weighted by atomic mass is 16.4. The van der Waals surface area contributed by atoms with E-state index in [0.29, 0.717) is 6.42 Å². The monoisotopic (exact) mass is 273 g/mol. The third-order valence-corrected chi connectivity index (χ3v) is 3.58. The third-order valence-electron chi connectivity index (χ3n) is 3.58. The molecule has 0 aromatic heterocycles. The minimum Gasteiger partial charge on any atom is -0.478 e. The van der Waals surface area contributed by atoms with Crippen molar-refractivity contribution in [1.82, 2.24) is 0 Å². The van der Waals surface area contributed by atoms with E-state index >= 15 is 0 Å². The Hall–Kier alpha value is -2.10. The molecule has 2 rings (SSSR count). The Morgan fingerprint density at radius 3 is 2.70 bits per heavy atom. The average molecular weight is 273 g/mol. The van der Waals surface area contributed by atoms with Crippen molar-refractivity contribution in [2.75, 3.05) is 5.32 Å². The maximum Gasteiger partial charge on any atom is 0.335 e. The van der Waals surface area contributed by atoms with Crippen LogP contribution in [0.2, 0.25) is 0 Å².